The second-order valence-corrected chi connectivity index (χ2v) is 5.93. The third-order valence-electron chi connectivity index (χ3n) is 3.77. The normalized spacial score (nSPS) is 15.3. The standard InChI is InChI=1S/C16H16Cl2N2O/c17-15-14(11-6-4-5-7-11)16(18)20-13(19-15)10-21-12-8-2-1-3-9-12/h1-3,8-9,11H,4-7,10H2. The first-order chi connectivity index (χ1) is 10.2. The van der Waals surface area contributed by atoms with Crippen molar-refractivity contribution in [1.29, 1.82) is 0 Å². The van der Waals surface area contributed by atoms with Crippen molar-refractivity contribution in [2.45, 2.75) is 38.2 Å². The summed E-state index contributed by atoms with van der Waals surface area (Å²) in [5.74, 6) is 1.68. The van der Waals surface area contributed by atoms with Gasteiger partial charge in [0.2, 0.25) is 0 Å². The molecule has 0 bridgehead atoms. The van der Waals surface area contributed by atoms with Crippen LogP contribution in [0.25, 0.3) is 0 Å². The van der Waals surface area contributed by atoms with Crippen LogP contribution in [0, 0.1) is 0 Å². The van der Waals surface area contributed by atoms with E-state index in [1.807, 2.05) is 30.3 Å². The van der Waals surface area contributed by atoms with Gasteiger partial charge in [-0.15, -0.1) is 0 Å². The molecule has 0 atom stereocenters. The minimum atomic E-state index is 0.258. The first-order valence-corrected chi connectivity index (χ1v) is 7.89. The second-order valence-electron chi connectivity index (χ2n) is 5.22. The number of rotatable bonds is 4. The molecule has 0 radical (unpaired) electrons. The van der Waals surface area contributed by atoms with Crippen molar-refractivity contribution in [3.8, 4) is 5.75 Å². The Morgan fingerprint density at radius 1 is 1.00 bits per heavy atom. The Morgan fingerprint density at radius 2 is 1.62 bits per heavy atom. The molecule has 0 unspecified atom stereocenters. The van der Waals surface area contributed by atoms with E-state index in [-0.39, 0.29) is 6.61 Å². The third-order valence-corrected chi connectivity index (χ3v) is 4.35. The number of aromatic nitrogens is 2. The highest BCUT2D eigenvalue weighted by Crippen LogP contribution is 2.39. The van der Waals surface area contributed by atoms with Crippen LogP contribution in [0.5, 0.6) is 5.75 Å². The van der Waals surface area contributed by atoms with Crippen molar-refractivity contribution >= 4 is 23.2 Å². The summed E-state index contributed by atoms with van der Waals surface area (Å²) in [6.45, 7) is 0.258. The molecule has 2 aromatic rings. The first-order valence-electron chi connectivity index (χ1n) is 7.13. The van der Waals surface area contributed by atoms with Crippen LogP contribution in [0.1, 0.15) is 43.0 Å². The van der Waals surface area contributed by atoms with Crippen molar-refractivity contribution in [3.05, 3.63) is 52.0 Å². The molecule has 21 heavy (non-hydrogen) atoms. The Morgan fingerprint density at radius 3 is 2.24 bits per heavy atom. The average molecular weight is 323 g/mol. The Kier molecular flexibility index (Phi) is 4.61. The number of para-hydroxylation sites is 1. The molecule has 110 valence electrons. The Bertz CT molecular complexity index is 590. The van der Waals surface area contributed by atoms with Gasteiger partial charge < -0.3 is 4.74 Å². The fourth-order valence-corrected chi connectivity index (χ4v) is 3.47. The van der Waals surface area contributed by atoms with E-state index in [1.54, 1.807) is 0 Å². The third kappa shape index (κ3) is 3.47. The first kappa shape index (κ1) is 14.6. The molecule has 0 saturated heterocycles. The van der Waals surface area contributed by atoms with E-state index in [2.05, 4.69) is 9.97 Å². The van der Waals surface area contributed by atoms with Gasteiger partial charge in [-0.1, -0.05) is 54.2 Å². The summed E-state index contributed by atoms with van der Waals surface area (Å²) in [7, 11) is 0. The number of hydrogen-bond donors (Lipinski definition) is 0. The van der Waals surface area contributed by atoms with Crippen molar-refractivity contribution in [3.63, 3.8) is 0 Å². The van der Waals surface area contributed by atoms with Crippen LogP contribution in [0.3, 0.4) is 0 Å². The van der Waals surface area contributed by atoms with E-state index in [0.29, 0.717) is 22.0 Å². The number of hydrogen-bond acceptors (Lipinski definition) is 3. The molecular weight excluding hydrogens is 307 g/mol. The van der Waals surface area contributed by atoms with Gasteiger partial charge in [0.15, 0.2) is 5.82 Å². The Labute approximate surface area is 134 Å². The fourth-order valence-electron chi connectivity index (χ4n) is 2.74. The predicted molar refractivity (Wildman–Crippen MR) is 84.0 cm³/mol. The number of benzene rings is 1. The number of ether oxygens (including phenoxy) is 1. The number of halogens is 2. The second kappa shape index (κ2) is 6.63. The zero-order valence-corrected chi connectivity index (χ0v) is 13.1. The summed E-state index contributed by atoms with van der Waals surface area (Å²) in [4.78, 5) is 8.68. The van der Waals surface area contributed by atoms with E-state index in [1.165, 1.54) is 12.8 Å². The highest BCUT2D eigenvalue weighted by molar-refractivity contribution is 6.34. The summed E-state index contributed by atoms with van der Waals surface area (Å²) in [5.41, 5.74) is 0.902. The lowest BCUT2D eigenvalue weighted by atomic mass is 10.0. The van der Waals surface area contributed by atoms with E-state index in [4.69, 9.17) is 27.9 Å². The van der Waals surface area contributed by atoms with Gasteiger partial charge in [-0.05, 0) is 30.9 Å². The molecular formula is C16H16Cl2N2O. The molecule has 1 aliphatic rings. The molecule has 1 fully saturated rings. The van der Waals surface area contributed by atoms with Crippen LogP contribution < -0.4 is 4.74 Å². The highest BCUT2D eigenvalue weighted by atomic mass is 35.5. The van der Waals surface area contributed by atoms with E-state index >= 15 is 0 Å². The Hall–Kier alpha value is -1.32. The maximum atomic E-state index is 6.31. The molecule has 1 aliphatic carbocycles. The molecule has 1 aromatic heterocycles. The molecule has 3 rings (SSSR count). The minimum Gasteiger partial charge on any atom is -0.486 e. The SMILES string of the molecule is Clc1nc(COc2ccccc2)nc(Cl)c1C1CCCC1. The van der Waals surface area contributed by atoms with Gasteiger partial charge >= 0.3 is 0 Å². The van der Waals surface area contributed by atoms with Crippen LogP contribution in [0.2, 0.25) is 10.3 Å². The van der Waals surface area contributed by atoms with Gasteiger partial charge in [0.05, 0.1) is 0 Å². The lowest BCUT2D eigenvalue weighted by Crippen LogP contribution is -2.06. The Balaban J connectivity index is 1.75. The molecule has 0 N–H and O–H groups in total. The lowest BCUT2D eigenvalue weighted by molar-refractivity contribution is 0.295. The highest BCUT2D eigenvalue weighted by Gasteiger charge is 2.24. The van der Waals surface area contributed by atoms with Gasteiger partial charge in [-0.25, -0.2) is 9.97 Å². The number of nitrogens with zero attached hydrogens (tertiary/aromatic N) is 2. The predicted octanol–water partition coefficient (Wildman–Crippen LogP) is 5.02. The van der Waals surface area contributed by atoms with Crippen molar-refractivity contribution in [2.75, 3.05) is 0 Å². The van der Waals surface area contributed by atoms with Crippen molar-refractivity contribution in [1.82, 2.24) is 9.97 Å². The van der Waals surface area contributed by atoms with Crippen LogP contribution in [0.4, 0.5) is 0 Å². The van der Waals surface area contributed by atoms with Crippen molar-refractivity contribution in [2.24, 2.45) is 0 Å². The summed E-state index contributed by atoms with van der Waals surface area (Å²) in [6, 6.07) is 9.54. The molecule has 1 aromatic carbocycles. The maximum absolute atomic E-state index is 6.31. The van der Waals surface area contributed by atoms with E-state index in [0.717, 1.165) is 24.2 Å². The van der Waals surface area contributed by atoms with Crippen LogP contribution in [-0.4, -0.2) is 9.97 Å². The quantitative estimate of drug-likeness (QED) is 0.741. The molecule has 3 nitrogen and oxygen atoms in total. The van der Waals surface area contributed by atoms with Gasteiger partial charge in [-0.3, -0.25) is 0 Å². The van der Waals surface area contributed by atoms with Gasteiger partial charge in [0.25, 0.3) is 0 Å². The minimum absolute atomic E-state index is 0.258. The topological polar surface area (TPSA) is 35.0 Å². The zero-order chi connectivity index (χ0) is 14.7. The molecule has 0 amide bonds. The van der Waals surface area contributed by atoms with E-state index < -0.39 is 0 Å². The molecule has 5 heteroatoms. The smallest absolute Gasteiger partial charge is 0.169 e. The van der Waals surface area contributed by atoms with Gasteiger partial charge in [0, 0.05) is 5.56 Å². The summed E-state index contributed by atoms with van der Waals surface area (Å²) >= 11 is 12.6. The molecule has 0 spiro atoms. The summed E-state index contributed by atoms with van der Waals surface area (Å²) < 4.78 is 5.63. The largest absolute Gasteiger partial charge is 0.486 e. The van der Waals surface area contributed by atoms with Crippen molar-refractivity contribution < 1.29 is 4.74 Å². The molecule has 1 heterocycles. The maximum Gasteiger partial charge on any atom is 0.169 e. The zero-order valence-electron chi connectivity index (χ0n) is 11.6. The average Bonchev–Trinajstić information content (AvgIpc) is 2.99. The van der Waals surface area contributed by atoms with Gasteiger partial charge in [0.1, 0.15) is 22.7 Å². The van der Waals surface area contributed by atoms with Crippen LogP contribution in [0.15, 0.2) is 30.3 Å². The van der Waals surface area contributed by atoms with E-state index in [9.17, 15) is 0 Å². The molecule has 1 saturated carbocycles. The van der Waals surface area contributed by atoms with Gasteiger partial charge in [-0.2, -0.15) is 0 Å². The lowest BCUT2D eigenvalue weighted by Gasteiger charge is -2.14. The molecule has 0 aliphatic heterocycles. The summed E-state index contributed by atoms with van der Waals surface area (Å²) in [6.07, 6.45) is 4.66. The monoisotopic (exact) mass is 322 g/mol. The fraction of sp³-hybridized carbons (Fsp3) is 0.375. The summed E-state index contributed by atoms with van der Waals surface area (Å²) in [5, 5.41) is 0.933. The van der Waals surface area contributed by atoms with Crippen LogP contribution in [-0.2, 0) is 6.61 Å². The van der Waals surface area contributed by atoms with Crippen LogP contribution >= 0.6 is 23.2 Å².